The highest BCUT2D eigenvalue weighted by Gasteiger charge is 2.24. The van der Waals surface area contributed by atoms with Crippen molar-refractivity contribution in [2.45, 2.75) is 18.9 Å². The van der Waals surface area contributed by atoms with E-state index >= 15 is 0 Å². The second kappa shape index (κ2) is 8.38. The molecule has 2 heterocycles. The summed E-state index contributed by atoms with van der Waals surface area (Å²) in [6.45, 7) is 2.35. The molecule has 1 aromatic rings. The molecule has 2 amide bonds. The second-order valence-corrected chi connectivity index (χ2v) is 4.91. The molecule has 2 rings (SSSR count). The van der Waals surface area contributed by atoms with Crippen LogP contribution in [-0.4, -0.2) is 67.5 Å². The summed E-state index contributed by atoms with van der Waals surface area (Å²) in [5, 5.41) is 2.82. The Balaban J connectivity index is 1.75. The van der Waals surface area contributed by atoms with Crippen molar-refractivity contribution in [3.63, 3.8) is 0 Å². The summed E-state index contributed by atoms with van der Waals surface area (Å²) in [5.74, 6) is 0.495. The summed E-state index contributed by atoms with van der Waals surface area (Å²) >= 11 is 0. The van der Waals surface area contributed by atoms with Gasteiger partial charge in [-0.3, -0.25) is 0 Å². The number of carbonyl (C=O) groups is 1. The highest BCUT2D eigenvalue weighted by atomic mass is 16.5. The van der Waals surface area contributed by atoms with Gasteiger partial charge in [0.1, 0.15) is 6.10 Å². The molecule has 22 heavy (non-hydrogen) atoms. The number of carbonyl (C=O) groups excluding carboxylic acids is 1. The molecular weight excluding hydrogens is 288 g/mol. The van der Waals surface area contributed by atoms with Crippen LogP contribution in [0.3, 0.4) is 0 Å². The van der Waals surface area contributed by atoms with E-state index in [9.17, 15) is 4.79 Å². The van der Waals surface area contributed by atoms with Crippen molar-refractivity contribution < 1.29 is 19.0 Å². The molecule has 1 aliphatic rings. The predicted molar refractivity (Wildman–Crippen MR) is 79.1 cm³/mol. The van der Waals surface area contributed by atoms with E-state index in [1.54, 1.807) is 24.3 Å². The van der Waals surface area contributed by atoms with Gasteiger partial charge in [0.05, 0.1) is 13.7 Å². The number of aromatic nitrogens is 2. The Labute approximate surface area is 129 Å². The largest absolute Gasteiger partial charge is 0.474 e. The summed E-state index contributed by atoms with van der Waals surface area (Å²) in [7, 11) is 3.12. The summed E-state index contributed by atoms with van der Waals surface area (Å²) in [4.78, 5) is 21.8. The minimum absolute atomic E-state index is 0.0441. The first-order valence-corrected chi connectivity index (χ1v) is 7.28. The van der Waals surface area contributed by atoms with Gasteiger partial charge in [-0.25, -0.2) is 9.78 Å². The third-order valence-corrected chi connectivity index (χ3v) is 3.39. The molecule has 1 N–H and O–H groups in total. The lowest BCUT2D eigenvalue weighted by Crippen LogP contribution is -2.47. The number of ether oxygens (including phenoxy) is 3. The van der Waals surface area contributed by atoms with Crippen LogP contribution >= 0.6 is 0 Å². The smallest absolute Gasteiger partial charge is 0.319 e. The van der Waals surface area contributed by atoms with E-state index in [0.29, 0.717) is 32.1 Å². The number of urea groups is 1. The monoisotopic (exact) mass is 310 g/mol. The molecule has 8 nitrogen and oxygen atoms in total. The van der Waals surface area contributed by atoms with Gasteiger partial charge in [0, 0.05) is 51.8 Å². The number of rotatable bonds is 6. The summed E-state index contributed by atoms with van der Waals surface area (Å²) < 4.78 is 15.7. The minimum atomic E-state index is -0.0563. The van der Waals surface area contributed by atoms with Crippen LogP contribution in [0.25, 0.3) is 0 Å². The van der Waals surface area contributed by atoms with Crippen LogP contribution in [0.5, 0.6) is 11.9 Å². The van der Waals surface area contributed by atoms with E-state index in [1.165, 1.54) is 7.11 Å². The molecule has 1 aromatic heterocycles. The molecule has 0 aromatic carbocycles. The summed E-state index contributed by atoms with van der Waals surface area (Å²) in [6.07, 6.45) is 3.18. The van der Waals surface area contributed by atoms with Gasteiger partial charge in [-0.1, -0.05) is 0 Å². The maximum absolute atomic E-state index is 11.9. The number of nitrogens with one attached hydrogen (secondary N) is 1. The van der Waals surface area contributed by atoms with Crippen molar-refractivity contribution in [3.05, 3.63) is 12.3 Å². The van der Waals surface area contributed by atoms with Gasteiger partial charge in [-0.2, -0.15) is 4.98 Å². The third kappa shape index (κ3) is 4.73. The van der Waals surface area contributed by atoms with E-state index in [0.717, 1.165) is 12.8 Å². The van der Waals surface area contributed by atoms with Crippen LogP contribution in [0.4, 0.5) is 4.79 Å². The number of amides is 2. The van der Waals surface area contributed by atoms with Crippen molar-refractivity contribution in [1.29, 1.82) is 0 Å². The van der Waals surface area contributed by atoms with E-state index in [1.807, 2.05) is 0 Å². The van der Waals surface area contributed by atoms with Gasteiger partial charge >= 0.3 is 12.0 Å². The highest BCUT2D eigenvalue weighted by Crippen LogP contribution is 2.18. The topological polar surface area (TPSA) is 85.8 Å². The van der Waals surface area contributed by atoms with Gasteiger partial charge in [-0.15, -0.1) is 0 Å². The Kier molecular flexibility index (Phi) is 6.20. The molecular formula is C14H22N4O4. The molecule has 0 aliphatic carbocycles. The van der Waals surface area contributed by atoms with Crippen molar-refractivity contribution >= 4 is 6.03 Å². The molecule has 0 unspecified atom stereocenters. The molecule has 0 atom stereocenters. The molecule has 122 valence electrons. The Morgan fingerprint density at radius 3 is 2.86 bits per heavy atom. The fraction of sp³-hybridized carbons (Fsp3) is 0.643. The van der Waals surface area contributed by atoms with Gasteiger partial charge in [0.25, 0.3) is 0 Å². The molecule has 8 heteroatoms. The molecule has 1 saturated heterocycles. The zero-order valence-corrected chi connectivity index (χ0v) is 12.9. The molecule has 0 radical (unpaired) electrons. The number of hydrogen-bond acceptors (Lipinski definition) is 6. The van der Waals surface area contributed by atoms with Crippen LogP contribution in [0, 0.1) is 0 Å². The Hall–Kier alpha value is -2.09. The third-order valence-electron chi connectivity index (χ3n) is 3.39. The van der Waals surface area contributed by atoms with Crippen LogP contribution in [0.1, 0.15) is 12.8 Å². The normalized spacial score (nSPS) is 15.5. The van der Waals surface area contributed by atoms with Gasteiger partial charge in [-0.05, 0) is 0 Å². The first kappa shape index (κ1) is 16.3. The fourth-order valence-corrected chi connectivity index (χ4v) is 2.21. The average molecular weight is 310 g/mol. The lowest BCUT2D eigenvalue weighted by molar-refractivity contribution is 0.105. The van der Waals surface area contributed by atoms with E-state index in [2.05, 4.69) is 15.3 Å². The molecule has 0 spiro atoms. The van der Waals surface area contributed by atoms with Crippen molar-refractivity contribution in [1.82, 2.24) is 20.2 Å². The van der Waals surface area contributed by atoms with E-state index in [4.69, 9.17) is 14.2 Å². The lowest BCUT2D eigenvalue weighted by atomic mass is 10.1. The molecule has 1 aliphatic heterocycles. The average Bonchev–Trinajstić information content (AvgIpc) is 2.56. The van der Waals surface area contributed by atoms with Crippen LogP contribution in [-0.2, 0) is 4.74 Å². The Bertz CT molecular complexity index is 478. The van der Waals surface area contributed by atoms with Crippen molar-refractivity contribution in [2.24, 2.45) is 0 Å². The van der Waals surface area contributed by atoms with Gasteiger partial charge in [0.15, 0.2) is 0 Å². The maximum Gasteiger partial charge on any atom is 0.319 e. The van der Waals surface area contributed by atoms with Crippen molar-refractivity contribution in [3.8, 4) is 11.9 Å². The predicted octanol–water partition coefficient (Wildman–Crippen LogP) is 0.684. The number of piperidine rings is 1. The SMILES string of the molecule is COCCNC(=O)N1CCC(Oc2ccnc(OC)n2)CC1. The second-order valence-electron chi connectivity index (χ2n) is 4.91. The van der Waals surface area contributed by atoms with Crippen LogP contribution in [0.15, 0.2) is 12.3 Å². The fourth-order valence-electron chi connectivity index (χ4n) is 2.21. The summed E-state index contributed by atoms with van der Waals surface area (Å²) in [6, 6.07) is 1.93. The highest BCUT2D eigenvalue weighted by molar-refractivity contribution is 5.74. The van der Waals surface area contributed by atoms with Crippen LogP contribution in [0.2, 0.25) is 0 Å². The molecule has 1 fully saturated rings. The molecule has 0 saturated carbocycles. The quantitative estimate of drug-likeness (QED) is 0.778. The van der Waals surface area contributed by atoms with Crippen molar-refractivity contribution in [2.75, 3.05) is 40.5 Å². The number of hydrogen-bond donors (Lipinski definition) is 1. The standard InChI is InChI=1S/C14H22N4O4/c1-20-10-7-16-14(19)18-8-4-11(5-9-18)22-12-3-6-15-13(17-12)21-2/h3,6,11H,4-5,7-10H2,1-2H3,(H,16,19). The number of likely N-dealkylation sites (tertiary alicyclic amines) is 1. The number of methoxy groups -OCH3 is 2. The maximum atomic E-state index is 11.9. The molecule has 0 bridgehead atoms. The zero-order valence-electron chi connectivity index (χ0n) is 12.9. The first-order valence-electron chi connectivity index (χ1n) is 7.28. The Morgan fingerprint density at radius 2 is 2.18 bits per heavy atom. The van der Waals surface area contributed by atoms with Gasteiger partial charge < -0.3 is 24.4 Å². The lowest BCUT2D eigenvalue weighted by Gasteiger charge is -2.31. The first-order chi connectivity index (χ1) is 10.7. The Morgan fingerprint density at radius 1 is 1.41 bits per heavy atom. The number of nitrogens with zero attached hydrogens (tertiary/aromatic N) is 3. The van der Waals surface area contributed by atoms with Crippen LogP contribution < -0.4 is 14.8 Å². The zero-order chi connectivity index (χ0) is 15.8. The van der Waals surface area contributed by atoms with E-state index in [-0.39, 0.29) is 18.1 Å². The minimum Gasteiger partial charge on any atom is -0.474 e. The summed E-state index contributed by atoms with van der Waals surface area (Å²) in [5.41, 5.74) is 0. The van der Waals surface area contributed by atoms with Gasteiger partial charge in [0.2, 0.25) is 5.88 Å². The van der Waals surface area contributed by atoms with E-state index < -0.39 is 0 Å².